The second-order valence-corrected chi connectivity index (χ2v) is 3.81. The average molecular weight is 236 g/mol. The zero-order chi connectivity index (χ0) is 12.3. The SMILES string of the molecule is COCCCN(C)c1nc(N)nc2[nH]ncc12. The van der Waals surface area contributed by atoms with E-state index < -0.39 is 0 Å². The summed E-state index contributed by atoms with van der Waals surface area (Å²) in [5.41, 5.74) is 6.31. The number of nitrogens with zero attached hydrogens (tertiary/aromatic N) is 4. The molecule has 2 aromatic heterocycles. The van der Waals surface area contributed by atoms with Crippen molar-refractivity contribution in [2.24, 2.45) is 0 Å². The van der Waals surface area contributed by atoms with Crippen LogP contribution in [-0.4, -0.2) is 47.5 Å². The van der Waals surface area contributed by atoms with E-state index in [1.165, 1.54) is 0 Å². The maximum atomic E-state index is 5.66. The smallest absolute Gasteiger partial charge is 0.224 e. The Kier molecular flexibility index (Phi) is 3.38. The Morgan fingerprint density at radius 3 is 3.06 bits per heavy atom. The number of nitrogens with two attached hydrogens (primary N) is 1. The molecular weight excluding hydrogens is 220 g/mol. The number of methoxy groups -OCH3 is 1. The van der Waals surface area contributed by atoms with Crippen LogP contribution in [0.4, 0.5) is 11.8 Å². The number of hydrogen-bond acceptors (Lipinski definition) is 6. The average Bonchev–Trinajstić information content (AvgIpc) is 2.75. The van der Waals surface area contributed by atoms with E-state index in [1.54, 1.807) is 13.3 Å². The number of hydrogen-bond donors (Lipinski definition) is 2. The van der Waals surface area contributed by atoms with E-state index in [2.05, 4.69) is 20.2 Å². The van der Waals surface area contributed by atoms with Crippen molar-refractivity contribution in [3.05, 3.63) is 6.20 Å². The van der Waals surface area contributed by atoms with Crippen LogP contribution in [-0.2, 0) is 4.74 Å². The van der Waals surface area contributed by atoms with Crippen LogP contribution < -0.4 is 10.6 Å². The summed E-state index contributed by atoms with van der Waals surface area (Å²) in [5, 5.41) is 7.61. The van der Waals surface area contributed by atoms with Crippen LogP contribution in [0.25, 0.3) is 11.0 Å². The number of nitrogen functional groups attached to an aromatic ring is 1. The highest BCUT2D eigenvalue weighted by molar-refractivity contribution is 5.87. The second-order valence-electron chi connectivity index (χ2n) is 3.81. The van der Waals surface area contributed by atoms with Gasteiger partial charge in [0.1, 0.15) is 5.82 Å². The maximum absolute atomic E-state index is 5.66. The minimum atomic E-state index is 0.246. The van der Waals surface area contributed by atoms with Crippen molar-refractivity contribution in [1.82, 2.24) is 20.2 Å². The molecule has 3 N–H and O–H groups in total. The van der Waals surface area contributed by atoms with Crippen molar-refractivity contribution >= 4 is 22.8 Å². The molecule has 0 spiro atoms. The Labute approximate surface area is 99.0 Å². The van der Waals surface area contributed by atoms with Crippen molar-refractivity contribution < 1.29 is 4.74 Å². The Morgan fingerprint density at radius 2 is 2.29 bits per heavy atom. The van der Waals surface area contributed by atoms with E-state index in [1.807, 2.05) is 11.9 Å². The fourth-order valence-electron chi connectivity index (χ4n) is 1.68. The lowest BCUT2D eigenvalue weighted by Gasteiger charge is -2.18. The molecule has 2 aromatic rings. The minimum Gasteiger partial charge on any atom is -0.385 e. The van der Waals surface area contributed by atoms with Gasteiger partial charge in [-0.2, -0.15) is 15.1 Å². The summed E-state index contributed by atoms with van der Waals surface area (Å²) in [5.74, 6) is 1.03. The van der Waals surface area contributed by atoms with Crippen molar-refractivity contribution in [3.63, 3.8) is 0 Å². The first kappa shape index (κ1) is 11.6. The number of aromatic nitrogens is 4. The number of ether oxygens (including phenoxy) is 1. The lowest BCUT2D eigenvalue weighted by atomic mass is 10.3. The predicted octanol–water partition coefficient (Wildman–Crippen LogP) is 0.408. The number of H-pyrrole nitrogens is 1. The van der Waals surface area contributed by atoms with Crippen LogP contribution in [0, 0.1) is 0 Å². The van der Waals surface area contributed by atoms with Gasteiger partial charge in [0.2, 0.25) is 5.95 Å². The Hall–Kier alpha value is -1.89. The first-order chi connectivity index (χ1) is 8.22. The molecule has 2 rings (SSSR count). The van der Waals surface area contributed by atoms with Gasteiger partial charge < -0.3 is 15.4 Å². The lowest BCUT2D eigenvalue weighted by molar-refractivity contribution is 0.196. The summed E-state index contributed by atoms with van der Waals surface area (Å²) >= 11 is 0. The van der Waals surface area contributed by atoms with Crippen LogP contribution in [0.5, 0.6) is 0 Å². The molecule has 0 aromatic carbocycles. The molecule has 0 bridgehead atoms. The quantitative estimate of drug-likeness (QED) is 0.730. The van der Waals surface area contributed by atoms with E-state index >= 15 is 0 Å². The summed E-state index contributed by atoms with van der Waals surface area (Å²) in [6.07, 6.45) is 2.63. The number of rotatable bonds is 5. The normalized spacial score (nSPS) is 10.9. The van der Waals surface area contributed by atoms with E-state index in [-0.39, 0.29) is 5.95 Å². The van der Waals surface area contributed by atoms with Crippen molar-refractivity contribution in [2.75, 3.05) is 37.9 Å². The first-order valence-electron chi connectivity index (χ1n) is 5.39. The Morgan fingerprint density at radius 1 is 1.47 bits per heavy atom. The molecule has 2 heterocycles. The van der Waals surface area contributed by atoms with E-state index in [0.717, 1.165) is 30.8 Å². The van der Waals surface area contributed by atoms with Crippen LogP contribution in [0.2, 0.25) is 0 Å². The van der Waals surface area contributed by atoms with Gasteiger partial charge in [-0.3, -0.25) is 5.10 Å². The molecule has 0 aliphatic carbocycles. The summed E-state index contributed by atoms with van der Waals surface area (Å²) in [6, 6.07) is 0. The second kappa shape index (κ2) is 4.96. The summed E-state index contributed by atoms with van der Waals surface area (Å²) < 4.78 is 5.02. The molecule has 0 aliphatic rings. The van der Waals surface area contributed by atoms with E-state index in [0.29, 0.717) is 5.65 Å². The van der Waals surface area contributed by atoms with Gasteiger partial charge in [-0.25, -0.2) is 0 Å². The van der Waals surface area contributed by atoms with Crippen LogP contribution in [0.1, 0.15) is 6.42 Å². The molecule has 0 aliphatic heterocycles. The predicted molar refractivity (Wildman–Crippen MR) is 65.9 cm³/mol. The molecule has 0 fully saturated rings. The highest BCUT2D eigenvalue weighted by atomic mass is 16.5. The van der Waals surface area contributed by atoms with Crippen LogP contribution in [0.15, 0.2) is 6.20 Å². The molecule has 0 radical (unpaired) electrons. The van der Waals surface area contributed by atoms with Gasteiger partial charge in [-0.15, -0.1) is 0 Å². The molecule has 92 valence electrons. The van der Waals surface area contributed by atoms with Gasteiger partial charge >= 0.3 is 0 Å². The number of aromatic amines is 1. The zero-order valence-corrected chi connectivity index (χ0v) is 9.97. The molecule has 0 amide bonds. The van der Waals surface area contributed by atoms with Gasteiger partial charge in [0.05, 0.1) is 11.6 Å². The maximum Gasteiger partial charge on any atom is 0.224 e. The zero-order valence-electron chi connectivity index (χ0n) is 9.97. The molecule has 0 atom stereocenters. The highest BCUT2D eigenvalue weighted by Gasteiger charge is 2.11. The number of nitrogens with one attached hydrogen (secondary N) is 1. The highest BCUT2D eigenvalue weighted by Crippen LogP contribution is 2.21. The minimum absolute atomic E-state index is 0.246. The van der Waals surface area contributed by atoms with E-state index in [9.17, 15) is 0 Å². The summed E-state index contributed by atoms with van der Waals surface area (Å²) in [6.45, 7) is 1.56. The lowest BCUT2D eigenvalue weighted by Crippen LogP contribution is -2.21. The van der Waals surface area contributed by atoms with E-state index in [4.69, 9.17) is 10.5 Å². The van der Waals surface area contributed by atoms with Gasteiger partial charge in [0.15, 0.2) is 5.65 Å². The van der Waals surface area contributed by atoms with Crippen LogP contribution >= 0.6 is 0 Å². The topological polar surface area (TPSA) is 93.0 Å². The molecule has 0 saturated heterocycles. The van der Waals surface area contributed by atoms with Gasteiger partial charge in [-0.05, 0) is 6.42 Å². The van der Waals surface area contributed by atoms with Crippen molar-refractivity contribution in [1.29, 1.82) is 0 Å². The van der Waals surface area contributed by atoms with Gasteiger partial charge in [0, 0.05) is 27.3 Å². The monoisotopic (exact) mass is 236 g/mol. The molecule has 7 heteroatoms. The largest absolute Gasteiger partial charge is 0.385 e. The third-order valence-corrected chi connectivity index (χ3v) is 2.51. The van der Waals surface area contributed by atoms with Crippen molar-refractivity contribution in [3.8, 4) is 0 Å². The number of anilines is 2. The third-order valence-electron chi connectivity index (χ3n) is 2.51. The Bertz CT molecular complexity index is 497. The standard InChI is InChI=1S/C10H16N6O/c1-16(4-3-5-17-2)9-7-6-12-15-8(7)13-10(11)14-9/h6H,3-5H2,1-2H3,(H3,11,12,13,14,15). The van der Waals surface area contributed by atoms with Crippen molar-refractivity contribution in [2.45, 2.75) is 6.42 Å². The van der Waals surface area contributed by atoms with Crippen LogP contribution in [0.3, 0.4) is 0 Å². The molecule has 0 saturated carbocycles. The summed E-state index contributed by atoms with van der Waals surface area (Å²) in [7, 11) is 3.65. The fourth-order valence-corrected chi connectivity index (χ4v) is 1.68. The summed E-state index contributed by atoms with van der Waals surface area (Å²) in [4.78, 5) is 10.3. The van der Waals surface area contributed by atoms with Gasteiger partial charge in [0.25, 0.3) is 0 Å². The molecule has 17 heavy (non-hydrogen) atoms. The van der Waals surface area contributed by atoms with Gasteiger partial charge in [-0.1, -0.05) is 0 Å². The molecule has 7 nitrogen and oxygen atoms in total. The Balaban J connectivity index is 2.24. The third kappa shape index (κ3) is 2.44. The fraction of sp³-hybridized carbons (Fsp3) is 0.500. The molecule has 0 unspecified atom stereocenters. The number of fused-ring (bicyclic) bond motifs is 1. The molecular formula is C10H16N6O. The first-order valence-corrected chi connectivity index (χ1v) is 5.39.